The third-order valence-corrected chi connectivity index (χ3v) is 4.20. The van der Waals surface area contributed by atoms with Gasteiger partial charge in [0.1, 0.15) is 5.75 Å². The van der Waals surface area contributed by atoms with Crippen LogP contribution in [0.2, 0.25) is 0 Å². The molecule has 0 saturated heterocycles. The molecule has 108 valence electrons. The largest absolute Gasteiger partial charge is 0.496 e. The summed E-state index contributed by atoms with van der Waals surface area (Å²) in [5, 5.41) is 12.6. The van der Waals surface area contributed by atoms with E-state index in [1.807, 2.05) is 12.1 Å². The first-order chi connectivity index (χ1) is 9.54. The third-order valence-electron chi connectivity index (χ3n) is 4.20. The number of rotatable bonds is 4. The fraction of sp³-hybridized carbons (Fsp3) is 0.588. The fourth-order valence-electron chi connectivity index (χ4n) is 3.11. The number of hydrogen-bond acceptors (Lipinski definition) is 3. The van der Waals surface area contributed by atoms with Crippen LogP contribution in [-0.4, -0.2) is 13.2 Å². The maximum absolute atomic E-state index is 9.00. The summed E-state index contributed by atoms with van der Waals surface area (Å²) in [5.74, 6) is 0.853. The number of nitrogens with zero attached hydrogens (tertiary/aromatic N) is 1. The summed E-state index contributed by atoms with van der Waals surface area (Å²) in [5.41, 5.74) is 2.19. The number of ether oxygens (including phenoxy) is 1. The predicted octanol–water partition coefficient (Wildman–Crippen LogP) is 3.63. The monoisotopic (exact) mass is 272 g/mol. The fourth-order valence-corrected chi connectivity index (χ4v) is 3.11. The minimum atomic E-state index is 0.439. The second kappa shape index (κ2) is 6.28. The molecule has 0 spiro atoms. The quantitative estimate of drug-likeness (QED) is 0.910. The maximum atomic E-state index is 9.00. The Bertz CT molecular complexity index is 502. The van der Waals surface area contributed by atoms with E-state index in [4.69, 9.17) is 10.00 Å². The molecule has 1 aromatic rings. The van der Waals surface area contributed by atoms with Gasteiger partial charge < -0.3 is 10.1 Å². The van der Waals surface area contributed by atoms with Gasteiger partial charge in [-0.25, -0.2) is 0 Å². The van der Waals surface area contributed by atoms with E-state index < -0.39 is 0 Å². The average molecular weight is 272 g/mol. The highest BCUT2D eigenvalue weighted by Crippen LogP contribution is 2.35. The second-order valence-electron chi connectivity index (χ2n) is 6.48. The van der Waals surface area contributed by atoms with Gasteiger partial charge in [0.05, 0.1) is 18.7 Å². The summed E-state index contributed by atoms with van der Waals surface area (Å²) in [6.07, 6.45) is 5.06. The first-order valence-corrected chi connectivity index (χ1v) is 7.34. The van der Waals surface area contributed by atoms with E-state index >= 15 is 0 Å². The zero-order valence-corrected chi connectivity index (χ0v) is 12.7. The zero-order chi connectivity index (χ0) is 14.6. The summed E-state index contributed by atoms with van der Waals surface area (Å²) in [6.45, 7) is 5.45. The molecule has 0 heterocycles. The molecule has 1 aromatic carbocycles. The van der Waals surface area contributed by atoms with Gasteiger partial charge in [0.2, 0.25) is 0 Å². The standard InChI is InChI=1S/C17H24N2O/c1-17(2)8-4-5-15(10-17)19-12-14-9-13(11-18)6-7-16(14)20-3/h6-7,9,15,19H,4-5,8,10,12H2,1-3H3. The van der Waals surface area contributed by atoms with Gasteiger partial charge in [-0.2, -0.15) is 5.26 Å². The lowest BCUT2D eigenvalue weighted by molar-refractivity contribution is 0.197. The van der Waals surface area contributed by atoms with Crippen molar-refractivity contribution >= 4 is 0 Å². The summed E-state index contributed by atoms with van der Waals surface area (Å²) in [6, 6.07) is 8.34. The van der Waals surface area contributed by atoms with Crippen molar-refractivity contribution in [3.63, 3.8) is 0 Å². The van der Waals surface area contributed by atoms with Crippen LogP contribution in [0.3, 0.4) is 0 Å². The Morgan fingerprint density at radius 3 is 2.90 bits per heavy atom. The van der Waals surface area contributed by atoms with E-state index in [9.17, 15) is 0 Å². The van der Waals surface area contributed by atoms with Gasteiger partial charge in [-0.05, 0) is 42.9 Å². The lowest BCUT2D eigenvalue weighted by Crippen LogP contribution is -2.36. The van der Waals surface area contributed by atoms with E-state index in [2.05, 4.69) is 25.2 Å². The van der Waals surface area contributed by atoms with Gasteiger partial charge in [-0.1, -0.05) is 20.3 Å². The van der Waals surface area contributed by atoms with Crippen LogP contribution >= 0.6 is 0 Å². The van der Waals surface area contributed by atoms with Crippen LogP contribution in [0, 0.1) is 16.7 Å². The first kappa shape index (κ1) is 14.9. The molecule has 0 bridgehead atoms. The Kier molecular flexibility index (Phi) is 4.67. The summed E-state index contributed by atoms with van der Waals surface area (Å²) in [7, 11) is 1.68. The maximum Gasteiger partial charge on any atom is 0.123 e. The summed E-state index contributed by atoms with van der Waals surface area (Å²) < 4.78 is 5.38. The van der Waals surface area contributed by atoms with Crippen molar-refractivity contribution in [2.45, 2.75) is 52.1 Å². The Morgan fingerprint density at radius 1 is 1.45 bits per heavy atom. The van der Waals surface area contributed by atoms with Crippen molar-refractivity contribution in [1.82, 2.24) is 5.32 Å². The summed E-state index contributed by atoms with van der Waals surface area (Å²) >= 11 is 0. The molecule has 1 saturated carbocycles. The molecule has 20 heavy (non-hydrogen) atoms. The van der Waals surface area contributed by atoms with Crippen molar-refractivity contribution in [3.05, 3.63) is 29.3 Å². The number of methoxy groups -OCH3 is 1. The van der Waals surface area contributed by atoms with Crippen LogP contribution in [0.15, 0.2) is 18.2 Å². The molecule has 3 heteroatoms. The highest BCUT2D eigenvalue weighted by molar-refractivity contribution is 5.42. The molecule has 0 radical (unpaired) electrons. The molecule has 3 nitrogen and oxygen atoms in total. The van der Waals surface area contributed by atoms with Crippen LogP contribution in [0.5, 0.6) is 5.75 Å². The van der Waals surface area contributed by atoms with Gasteiger partial charge in [0.15, 0.2) is 0 Å². The SMILES string of the molecule is COc1ccc(C#N)cc1CNC1CCCC(C)(C)C1. The molecule has 2 rings (SSSR count). The van der Waals surface area contributed by atoms with Crippen LogP contribution in [-0.2, 0) is 6.54 Å². The average Bonchev–Trinajstić information content (AvgIpc) is 2.43. The Morgan fingerprint density at radius 2 is 2.25 bits per heavy atom. The normalized spacial score (nSPS) is 21.2. The number of nitriles is 1. The third kappa shape index (κ3) is 3.74. The molecule has 1 fully saturated rings. The number of hydrogen-bond donors (Lipinski definition) is 1. The van der Waals surface area contributed by atoms with Crippen molar-refractivity contribution in [2.75, 3.05) is 7.11 Å². The molecule has 1 unspecified atom stereocenters. The number of benzene rings is 1. The predicted molar refractivity (Wildman–Crippen MR) is 80.6 cm³/mol. The lowest BCUT2D eigenvalue weighted by atomic mass is 9.75. The van der Waals surface area contributed by atoms with Crippen molar-refractivity contribution < 1.29 is 4.74 Å². The highest BCUT2D eigenvalue weighted by atomic mass is 16.5. The van der Waals surface area contributed by atoms with E-state index in [1.54, 1.807) is 13.2 Å². The molecular formula is C17H24N2O. The van der Waals surface area contributed by atoms with Crippen molar-refractivity contribution in [1.29, 1.82) is 5.26 Å². The van der Waals surface area contributed by atoms with Crippen LogP contribution in [0.1, 0.15) is 50.7 Å². The van der Waals surface area contributed by atoms with E-state index in [0.29, 0.717) is 17.0 Å². The Labute approximate surface area is 121 Å². The van der Waals surface area contributed by atoms with Gasteiger partial charge in [0.25, 0.3) is 0 Å². The molecular weight excluding hydrogens is 248 g/mol. The molecule has 0 amide bonds. The van der Waals surface area contributed by atoms with Crippen molar-refractivity contribution in [3.8, 4) is 11.8 Å². The first-order valence-electron chi connectivity index (χ1n) is 7.34. The molecule has 0 aromatic heterocycles. The van der Waals surface area contributed by atoms with Crippen LogP contribution in [0.25, 0.3) is 0 Å². The second-order valence-corrected chi connectivity index (χ2v) is 6.48. The van der Waals surface area contributed by atoms with Gasteiger partial charge in [-0.15, -0.1) is 0 Å². The van der Waals surface area contributed by atoms with Gasteiger partial charge in [0, 0.05) is 18.2 Å². The Balaban J connectivity index is 2.01. The summed E-state index contributed by atoms with van der Waals surface area (Å²) in [4.78, 5) is 0. The van der Waals surface area contributed by atoms with Crippen LogP contribution in [0.4, 0.5) is 0 Å². The highest BCUT2D eigenvalue weighted by Gasteiger charge is 2.27. The minimum absolute atomic E-state index is 0.439. The van der Waals surface area contributed by atoms with E-state index in [-0.39, 0.29) is 0 Å². The van der Waals surface area contributed by atoms with Crippen LogP contribution < -0.4 is 10.1 Å². The molecule has 1 atom stereocenters. The van der Waals surface area contributed by atoms with Gasteiger partial charge in [-0.3, -0.25) is 0 Å². The van der Waals surface area contributed by atoms with E-state index in [0.717, 1.165) is 17.9 Å². The van der Waals surface area contributed by atoms with E-state index in [1.165, 1.54) is 25.7 Å². The Hall–Kier alpha value is -1.53. The minimum Gasteiger partial charge on any atom is -0.496 e. The molecule has 1 aliphatic carbocycles. The molecule has 0 aliphatic heterocycles. The van der Waals surface area contributed by atoms with Crippen molar-refractivity contribution in [2.24, 2.45) is 5.41 Å². The van der Waals surface area contributed by atoms with Gasteiger partial charge >= 0.3 is 0 Å². The lowest BCUT2D eigenvalue weighted by Gasteiger charge is -2.35. The zero-order valence-electron chi connectivity index (χ0n) is 12.7. The topological polar surface area (TPSA) is 45.0 Å². The molecule has 1 N–H and O–H groups in total. The smallest absolute Gasteiger partial charge is 0.123 e. The number of nitrogens with one attached hydrogen (secondary N) is 1. The molecule has 1 aliphatic rings.